The van der Waals surface area contributed by atoms with Crippen molar-refractivity contribution in [1.82, 2.24) is 0 Å². The summed E-state index contributed by atoms with van der Waals surface area (Å²) >= 11 is 0. The molecule has 1 aliphatic heterocycles. The van der Waals surface area contributed by atoms with Crippen LogP contribution in [0, 0.1) is 11.8 Å². The van der Waals surface area contributed by atoms with E-state index in [4.69, 9.17) is 18.9 Å². The van der Waals surface area contributed by atoms with Gasteiger partial charge in [-0.1, -0.05) is 68.0 Å². The maximum absolute atomic E-state index is 12.0. The molecule has 0 aliphatic carbocycles. The van der Waals surface area contributed by atoms with Crippen molar-refractivity contribution in [3.8, 4) is 5.75 Å². The number of ether oxygens (including phenoxy) is 4. The number of carbonyl (C=O) groups excluding carboxylic acids is 1. The van der Waals surface area contributed by atoms with E-state index >= 15 is 0 Å². The first-order valence-corrected chi connectivity index (χ1v) is 11.6. The minimum atomic E-state index is -0.629. The molecule has 0 amide bonds. The largest absolute Gasteiger partial charge is 0.497 e. The first kappa shape index (κ1) is 25.2. The van der Waals surface area contributed by atoms with E-state index in [2.05, 4.69) is 39.0 Å². The molecule has 0 radical (unpaired) electrons. The molecule has 0 saturated carbocycles. The highest BCUT2D eigenvalue weighted by Gasteiger charge is 2.33. The zero-order chi connectivity index (χ0) is 23.6. The summed E-state index contributed by atoms with van der Waals surface area (Å²) in [5.41, 5.74) is 3.38. The van der Waals surface area contributed by atoms with Crippen molar-refractivity contribution >= 4 is 6.29 Å². The van der Waals surface area contributed by atoms with Crippen molar-refractivity contribution in [1.29, 1.82) is 0 Å². The fourth-order valence-corrected chi connectivity index (χ4v) is 4.32. The number of benzene rings is 2. The zero-order valence-electron chi connectivity index (χ0n) is 20.1. The number of hydrogen-bond donors (Lipinski definition) is 0. The number of rotatable bonds is 10. The van der Waals surface area contributed by atoms with Crippen LogP contribution in [0.4, 0.5) is 0 Å². The molecule has 1 aliphatic rings. The van der Waals surface area contributed by atoms with Gasteiger partial charge in [0.25, 0.3) is 0 Å². The van der Waals surface area contributed by atoms with Gasteiger partial charge in [-0.15, -0.1) is 0 Å². The highest BCUT2D eigenvalue weighted by molar-refractivity contribution is 5.57. The third kappa shape index (κ3) is 7.53. The highest BCUT2D eigenvalue weighted by atomic mass is 16.6. The summed E-state index contributed by atoms with van der Waals surface area (Å²) in [5.74, 6) is 1.10. The third-order valence-electron chi connectivity index (χ3n) is 6.08. The fourth-order valence-electron chi connectivity index (χ4n) is 4.32. The maximum Gasteiger partial charge on any atom is 0.151 e. The van der Waals surface area contributed by atoms with E-state index in [0.717, 1.165) is 23.2 Å². The van der Waals surface area contributed by atoms with Crippen molar-refractivity contribution in [3.63, 3.8) is 0 Å². The molecule has 0 aromatic heterocycles. The smallest absolute Gasteiger partial charge is 0.151 e. The van der Waals surface area contributed by atoms with Crippen molar-refractivity contribution in [2.75, 3.05) is 13.7 Å². The Morgan fingerprint density at radius 1 is 1.06 bits per heavy atom. The SMILES string of the molecule is COc1ccc(CO[C@@H]2C/C(C)=C\[C@@H](C)[C@@H]([C@H](C)COCc3ccccc3)O[C@@H]2C=O)cc1. The van der Waals surface area contributed by atoms with Crippen LogP contribution in [0.3, 0.4) is 0 Å². The van der Waals surface area contributed by atoms with Crippen LogP contribution in [0.1, 0.15) is 38.3 Å². The Hall–Kier alpha value is -2.47. The van der Waals surface area contributed by atoms with E-state index in [1.54, 1.807) is 7.11 Å². The number of hydrogen-bond acceptors (Lipinski definition) is 5. The molecular formula is C28H36O5. The maximum atomic E-state index is 12.0. The van der Waals surface area contributed by atoms with Gasteiger partial charge >= 0.3 is 0 Å². The molecular weight excluding hydrogens is 416 g/mol. The van der Waals surface area contributed by atoms with Gasteiger partial charge < -0.3 is 23.7 Å². The van der Waals surface area contributed by atoms with E-state index in [0.29, 0.717) is 26.2 Å². The Morgan fingerprint density at radius 2 is 1.76 bits per heavy atom. The highest BCUT2D eigenvalue weighted by Crippen LogP contribution is 2.28. The first-order chi connectivity index (χ1) is 16.0. The molecule has 0 bridgehead atoms. The van der Waals surface area contributed by atoms with Gasteiger partial charge in [-0.3, -0.25) is 0 Å². The summed E-state index contributed by atoms with van der Waals surface area (Å²) < 4.78 is 23.7. The molecule has 5 heteroatoms. The monoisotopic (exact) mass is 452 g/mol. The van der Waals surface area contributed by atoms with Gasteiger partial charge in [0.2, 0.25) is 0 Å². The molecule has 0 N–H and O–H groups in total. The van der Waals surface area contributed by atoms with E-state index < -0.39 is 6.10 Å². The summed E-state index contributed by atoms with van der Waals surface area (Å²) in [4.78, 5) is 12.0. The minimum Gasteiger partial charge on any atom is -0.497 e. The van der Waals surface area contributed by atoms with Crippen molar-refractivity contribution in [3.05, 3.63) is 77.4 Å². The van der Waals surface area contributed by atoms with Crippen LogP contribution in [0.5, 0.6) is 5.75 Å². The number of aldehydes is 1. The minimum absolute atomic E-state index is 0.121. The third-order valence-corrected chi connectivity index (χ3v) is 6.08. The van der Waals surface area contributed by atoms with Gasteiger partial charge in [0, 0.05) is 11.8 Å². The van der Waals surface area contributed by atoms with E-state index in [9.17, 15) is 4.79 Å². The van der Waals surface area contributed by atoms with Gasteiger partial charge in [-0.25, -0.2) is 0 Å². The predicted molar refractivity (Wildman–Crippen MR) is 129 cm³/mol. The summed E-state index contributed by atoms with van der Waals surface area (Å²) in [7, 11) is 1.65. The Bertz CT molecular complexity index is 877. The fraction of sp³-hybridized carbons (Fsp3) is 0.464. The summed E-state index contributed by atoms with van der Waals surface area (Å²) in [6.45, 7) is 7.88. The van der Waals surface area contributed by atoms with E-state index in [1.807, 2.05) is 42.5 Å². The molecule has 0 spiro atoms. The summed E-state index contributed by atoms with van der Waals surface area (Å²) in [6.07, 6.45) is 2.68. The Morgan fingerprint density at radius 3 is 2.42 bits per heavy atom. The zero-order valence-corrected chi connectivity index (χ0v) is 20.1. The Balaban J connectivity index is 1.63. The lowest BCUT2D eigenvalue weighted by molar-refractivity contribution is -0.152. The lowest BCUT2D eigenvalue weighted by Crippen LogP contribution is -2.43. The second kappa shape index (κ2) is 12.7. The molecule has 5 nitrogen and oxygen atoms in total. The Labute approximate surface area is 197 Å². The first-order valence-electron chi connectivity index (χ1n) is 11.6. The molecule has 178 valence electrons. The van der Waals surface area contributed by atoms with Gasteiger partial charge in [-0.05, 0) is 36.6 Å². The quantitative estimate of drug-likeness (QED) is 0.358. The van der Waals surface area contributed by atoms with Gasteiger partial charge in [0.05, 0.1) is 39.1 Å². The standard InChI is InChI=1S/C28H36O5/c1-20-14-21(2)28(22(3)17-31-18-23-8-6-5-7-9-23)33-27(16-29)26(15-20)32-19-24-10-12-25(30-4)13-11-24/h5-14,16,21-22,26-28H,15,17-19H2,1-4H3/b20-14-/t21-,22-,26-,27-,28+/m1/s1. The second-order valence-electron chi connectivity index (χ2n) is 8.95. The molecule has 0 saturated heterocycles. The van der Waals surface area contributed by atoms with Crippen LogP contribution >= 0.6 is 0 Å². The van der Waals surface area contributed by atoms with Gasteiger partial charge in [0.15, 0.2) is 6.29 Å². The lowest BCUT2D eigenvalue weighted by Gasteiger charge is -2.36. The van der Waals surface area contributed by atoms with Gasteiger partial charge in [-0.2, -0.15) is 0 Å². The average Bonchev–Trinajstić information content (AvgIpc) is 2.82. The van der Waals surface area contributed by atoms with Crippen molar-refractivity contribution in [2.45, 2.75) is 58.7 Å². The van der Waals surface area contributed by atoms with E-state index in [-0.39, 0.29) is 24.0 Å². The molecule has 5 atom stereocenters. The molecule has 0 fully saturated rings. The number of carbonyl (C=O) groups is 1. The molecule has 0 unspecified atom stereocenters. The summed E-state index contributed by atoms with van der Waals surface area (Å²) in [5, 5.41) is 0. The molecule has 2 aromatic rings. The number of methoxy groups -OCH3 is 1. The Kier molecular flexibility index (Phi) is 9.67. The van der Waals surface area contributed by atoms with Crippen molar-refractivity contribution < 1.29 is 23.7 Å². The van der Waals surface area contributed by atoms with Crippen LogP contribution in [-0.2, 0) is 32.2 Å². The molecule has 2 aromatic carbocycles. The van der Waals surface area contributed by atoms with Crippen LogP contribution in [0.2, 0.25) is 0 Å². The second-order valence-corrected chi connectivity index (χ2v) is 8.95. The normalized spacial score (nSPS) is 25.9. The summed E-state index contributed by atoms with van der Waals surface area (Å²) in [6, 6.07) is 17.9. The van der Waals surface area contributed by atoms with Crippen LogP contribution in [0.15, 0.2) is 66.2 Å². The topological polar surface area (TPSA) is 54.0 Å². The molecule has 33 heavy (non-hydrogen) atoms. The van der Waals surface area contributed by atoms with Gasteiger partial charge in [0.1, 0.15) is 11.9 Å². The van der Waals surface area contributed by atoms with Crippen LogP contribution < -0.4 is 4.74 Å². The lowest BCUT2D eigenvalue weighted by atomic mass is 9.89. The predicted octanol–water partition coefficient (Wildman–Crippen LogP) is 5.37. The molecule has 1 heterocycles. The van der Waals surface area contributed by atoms with Crippen molar-refractivity contribution in [2.24, 2.45) is 11.8 Å². The van der Waals surface area contributed by atoms with Crippen LogP contribution in [-0.4, -0.2) is 38.3 Å². The van der Waals surface area contributed by atoms with E-state index in [1.165, 1.54) is 5.57 Å². The van der Waals surface area contributed by atoms with Crippen LogP contribution in [0.25, 0.3) is 0 Å². The average molecular weight is 453 g/mol. The molecule has 3 rings (SSSR count).